The molecule has 1 aromatic carbocycles. The highest BCUT2D eigenvalue weighted by atomic mass is 16.5. The number of rotatable bonds is 5. The van der Waals surface area contributed by atoms with Gasteiger partial charge in [-0.2, -0.15) is 4.98 Å². The van der Waals surface area contributed by atoms with E-state index in [0.717, 1.165) is 36.2 Å². The van der Waals surface area contributed by atoms with Crippen molar-refractivity contribution in [3.05, 3.63) is 41.6 Å². The van der Waals surface area contributed by atoms with Crippen LogP contribution in [-0.4, -0.2) is 35.6 Å². The molecular weight excluding hydrogens is 328 g/mol. The van der Waals surface area contributed by atoms with Gasteiger partial charge >= 0.3 is 5.97 Å². The van der Waals surface area contributed by atoms with Crippen molar-refractivity contribution in [3.63, 3.8) is 0 Å². The van der Waals surface area contributed by atoms with Gasteiger partial charge in [0.05, 0.1) is 12.2 Å². The lowest BCUT2D eigenvalue weighted by Gasteiger charge is -2.31. The molecule has 1 unspecified atom stereocenters. The Morgan fingerprint density at radius 2 is 2.08 bits per heavy atom. The first-order valence-electron chi connectivity index (χ1n) is 9.20. The lowest BCUT2D eigenvalue weighted by atomic mass is 10.0. The van der Waals surface area contributed by atoms with E-state index in [1.807, 2.05) is 25.1 Å². The van der Waals surface area contributed by atoms with E-state index < -0.39 is 0 Å². The summed E-state index contributed by atoms with van der Waals surface area (Å²) in [6, 6.07) is 9.14. The Morgan fingerprint density at radius 3 is 2.77 bits per heavy atom. The van der Waals surface area contributed by atoms with Crippen molar-refractivity contribution >= 4 is 23.4 Å². The molecule has 26 heavy (non-hydrogen) atoms. The van der Waals surface area contributed by atoms with Crippen molar-refractivity contribution in [2.45, 2.75) is 33.6 Å². The number of hydrogen-bond donors (Lipinski definition) is 1. The summed E-state index contributed by atoms with van der Waals surface area (Å²) in [5, 5.41) is 3.30. The molecule has 0 spiro atoms. The van der Waals surface area contributed by atoms with E-state index in [9.17, 15) is 4.79 Å². The number of aromatic nitrogens is 2. The number of piperidine rings is 1. The second-order valence-corrected chi connectivity index (χ2v) is 6.81. The standard InChI is InChI=1S/C20H26N4O2/c1-4-26-19(25)16-7-9-17(10-8-16)22-18-12-15(3)21-20(23-18)24-11-5-6-14(2)13-24/h7-10,12,14H,4-6,11,13H2,1-3H3,(H,21,22,23). The summed E-state index contributed by atoms with van der Waals surface area (Å²) in [5.41, 5.74) is 2.34. The van der Waals surface area contributed by atoms with Gasteiger partial charge in [-0.25, -0.2) is 9.78 Å². The monoisotopic (exact) mass is 354 g/mol. The Labute approximate surface area is 154 Å². The minimum absolute atomic E-state index is 0.307. The van der Waals surface area contributed by atoms with Crippen LogP contribution >= 0.6 is 0 Å². The van der Waals surface area contributed by atoms with Gasteiger partial charge in [0, 0.05) is 30.5 Å². The smallest absolute Gasteiger partial charge is 0.338 e. The third-order valence-corrected chi connectivity index (χ3v) is 4.45. The van der Waals surface area contributed by atoms with Crippen molar-refractivity contribution in [2.24, 2.45) is 5.92 Å². The average molecular weight is 354 g/mol. The maximum atomic E-state index is 11.7. The molecule has 0 aliphatic carbocycles. The molecule has 1 aliphatic rings. The van der Waals surface area contributed by atoms with Gasteiger partial charge in [-0.15, -0.1) is 0 Å². The largest absolute Gasteiger partial charge is 0.462 e. The number of aryl methyl sites for hydroxylation is 1. The van der Waals surface area contributed by atoms with Crippen LogP contribution in [0.15, 0.2) is 30.3 Å². The number of carbonyl (C=O) groups excluding carboxylic acids is 1. The minimum Gasteiger partial charge on any atom is -0.462 e. The molecule has 1 fully saturated rings. The fourth-order valence-electron chi connectivity index (χ4n) is 3.18. The van der Waals surface area contributed by atoms with Crippen molar-refractivity contribution in [3.8, 4) is 0 Å². The molecular formula is C20H26N4O2. The lowest BCUT2D eigenvalue weighted by molar-refractivity contribution is 0.0526. The number of ether oxygens (including phenoxy) is 1. The molecule has 1 aromatic heterocycles. The molecule has 0 bridgehead atoms. The predicted octanol–water partition coefficient (Wildman–Crippen LogP) is 3.94. The molecule has 1 aliphatic heterocycles. The normalized spacial score (nSPS) is 17.0. The summed E-state index contributed by atoms with van der Waals surface area (Å²) in [7, 11) is 0. The second kappa shape index (κ2) is 8.17. The van der Waals surface area contributed by atoms with Crippen LogP contribution in [0.1, 0.15) is 42.7 Å². The second-order valence-electron chi connectivity index (χ2n) is 6.81. The van der Waals surface area contributed by atoms with Gasteiger partial charge in [0.1, 0.15) is 5.82 Å². The first-order valence-corrected chi connectivity index (χ1v) is 9.20. The van der Waals surface area contributed by atoms with Gasteiger partial charge in [0.15, 0.2) is 0 Å². The molecule has 1 atom stereocenters. The van der Waals surface area contributed by atoms with Crippen molar-refractivity contribution in [1.82, 2.24) is 9.97 Å². The molecule has 0 amide bonds. The molecule has 2 aromatic rings. The van der Waals surface area contributed by atoms with Gasteiger partial charge in [-0.3, -0.25) is 0 Å². The number of anilines is 3. The predicted molar refractivity (Wildman–Crippen MR) is 103 cm³/mol. The molecule has 1 N–H and O–H groups in total. The van der Waals surface area contributed by atoms with E-state index >= 15 is 0 Å². The van der Waals surface area contributed by atoms with Crippen LogP contribution in [0, 0.1) is 12.8 Å². The van der Waals surface area contributed by atoms with E-state index in [1.54, 1.807) is 19.1 Å². The van der Waals surface area contributed by atoms with Crippen LogP contribution in [0.3, 0.4) is 0 Å². The maximum Gasteiger partial charge on any atom is 0.338 e. The number of hydrogen-bond acceptors (Lipinski definition) is 6. The highest BCUT2D eigenvalue weighted by Crippen LogP contribution is 2.23. The Morgan fingerprint density at radius 1 is 1.31 bits per heavy atom. The number of benzene rings is 1. The number of esters is 1. The Kier molecular flexibility index (Phi) is 5.71. The minimum atomic E-state index is -0.307. The molecule has 2 heterocycles. The summed E-state index contributed by atoms with van der Waals surface area (Å²) in [6.45, 7) is 8.42. The summed E-state index contributed by atoms with van der Waals surface area (Å²) >= 11 is 0. The highest BCUT2D eigenvalue weighted by Gasteiger charge is 2.19. The quantitative estimate of drug-likeness (QED) is 0.820. The van der Waals surface area contributed by atoms with Gasteiger partial charge in [-0.05, 0) is 56.9 Å². The first kappa shape index (κ1) is 18.2. The Balaban J connectivity index is 1.74. The van der Waals surface area contributed by atoms with Crippen LogP contribution in [0.4, 0.5) is 17.5 Å². The van der Waals surface area contributed by atoms with E-state index in [2.05, 4.69) is 27.1 Å². The van der Waals surface area contributed by atoms with Crippen LogP contribution in [0.2, 0.25) is 0 Å². The summed E-state index contributed by atoms with van der Waals surface area (Å²) < 4.78 is 5.01. The summed E-state index contributed by atoms with van der Waals surface area (Å²) in [4.78, 5) is 23.3. The highest BCUT2D eigenvalue weighted by molar-refractivity contribution is 5.89. The SMILES string of the molecule is CCOC(=O)c1ccc(Nc2cc(C)nc(N3CCCC(C)C3)n2)cc1. The fraction of sp³-hybridized carbons (Fsp3) is 0.450. The van der Waals surface area contributed by atoms with Crippen molar-refractivity contribution in [2.75, 3.05) is 29.9 Å². The van der Waals surface area contributed by atoms with E-state index in [0.29, 0.717) is 18.1 Å². The third-order valence-electron chi connectivity index (χ3n) is 4.45. The van der Waals surface area contributed by atoms with E-state index in [4.69, 9.17) is 4.74 Å². The summed E-state index contributed by atoms with van der Waals surface area (Å²) in [5.74, 6) is 1.90. The molecule has 6 nitrogen and oxygen atoms in total. The average Bonchev–Trinajstić information content (AvgIpc) is 2.62. The van der Waals surface area contributed by atoms with E-state index in [1.165, 1.54) is 12.8 Å². The van der Waals surface area contributed by atoms with E-state index in [-0.39, 0.29) is 5.97 Å². The van der Waals surface area contributed by atoms with Crippen LogP contribution in [-0.2, 0) is 4.74 Å². The van der Waals surface area contributed by atoms with Gasteiger partial charge in [-0.1, -0.05) is 6.92 Å². The zero-order valence-corrected chi connectivity index (χ0v) is 15.7. The van der Waals surface area contributed by atoms with Crippen LogP contribution < -0.4 is 10.2 Å². The lowest BCUT2D eigenvalue weighted by Crippen LogP contribution is -2.35. The molecule has 0 radical (unpaired) electrons. The maximum absolute atomic E-state index is 11.7. The number of carbonyl (C=O) groups is 1. The zero-order chi connectivity index (χ0) is 18.5. The Hall–Kier alpha value is -2.63. The molecule has 138 valence electrons. The third kappa shape index (κ3) is 4.50. The molecule has 0 saturated carbocycles. The topological polar surface area (TPSA) is 67.3 Å². The van der Waals surface area contributed by atoms with Gasteiger partial charge < -0.3 is 15.0 Å². The van der Waals surface area contributed by atoms with Crippen LogP contribution in [0.25, 0.3) is 0 Å². The van der Waals surface area contributed by atoms with Gasteiger partial charge in [0.2, 0.25) is 5.95 Å². The Bertz CT molecular complexity index is 761. The van der Waals surface area contributed by atoms with Gasteiger partial charge in [0.25, 0.3) is 0 Å². The number of nitrogens with one attached hydrogen (secondary N) is 1. The molecule has 3 rings (SSSR count). The van der Waals surface area contributed by atoms with Crippen molar-refractivity contribution < 1.29 is 9.53 Å². The number of nitrogens with zero attached hydrogens (tertiary/aromatic N) is 3. The fourth-order valence-corrected chi connectivity index (χ4v) is 3.18. The zero-order valence-electron chi connectivity index (χ0n) is 15.7. The summed E-state index contributed by atoms with van der Waals surface area (Å²) in [6.07, 6.45) is 2.44. The first-order chi connectivity index (χ1) is 12.5. The van der Waals surface area contributed by atoms with Crippen molar-refractivity contribution in [1.29, 1.82) is 0 Å². The molecule has 1 saturated heterocycles. The molecule has 6 heteroatoms. The van der Waals surface area contributed by atoms with Crippen LogP contribution in [0.5, 0.6) is 0 Å².